The lowest BCUT2D eigenvalue weighted by molar-refractivity contribution is 0.0510. The lowest BCUT2D eigenvalue weighted by Crippen LogP contribution is -2.45. The van der Waals surface area contributed by atoms with Gasteiger partial charge in [-0.15, -0.1) is 0 Å². The van der Waals surface area contributed by atoms with Crippen LogP contribution in [0.2, 0.25) is 0 Å². The van der Waals surface area contributed by atoms with Gasteiger partial charge in [0.15, 0.2) is 11.5 Å². The number of aromatic nitrogens is 4. The molecular weight excluding hydrogens is 265 g/mol. The molecule has 2 heterocycles. The molecule has 2 aromatic heterocycles. The highest BCUT2D eigenvalue weighted by Gasteiger charge is 2.47. The van der Waals surface area contributed by atoms with Gasteiger partial charge >= 0.3 is 0 Å². The number of anilines is 1. The molecule has 0 radical (unpaired) electrons. The summed E-state index contributed by atoms with van der Waals surface area (Å²) in [6, 6.07) is -0.415. The van der Waals surface area contributed by atoms with Gasteiger partial charge in [-0.3, -0.25) is 0 Å². The first-order chi connectivity index (χ1) is 9.72. The van der Waals surface area contributed by atoms with Crippen molar-refractivity contribution < 1.29 is 14.6 Å². The number of halogens is 1. The predicted octanol–water partition coefficient (Wildman–Crippen LogP) is 0.0336. The first kappa shape index (κ1) is 12.9. The van der Waals surface area contributed by atoms with Gasteiger partial charge < -0.3 is 20.5 Å². The van der Waals surface area contributed by atoms with Crippen LogP contribution in [0.3, 0.4) is 0 Å². The minimum atomic E-state index is -0.415. The second-order valence-electron chi connectivity index (χ2n) is 4.77. The van der Waals surface area contributed by atoms with Crippen molar-refractivity contribution in [3.63, 3.8) is 0 Å². The summed E-state index contributed by atoms with van der Waals surface area (Å²) in [6.07, 6.45) is 3.29. The lowest BCUT2D eigenvalue weighted by Gasteiger charge is -2.45. The number of nitrogens with zero attached hydrogens (tertiary/aromatic N) is 4. The Morgan fingerprint density at radius 1 is 1.30 bits per heavy atom. The highest BCUT2D eigenvalue weighted by atomic mass is 19.1. The summed E-state index contributed by atoms with van der Waals surface area (Å²) in [6.45, 7) is -0.366. The SMILES string of the molecule is Nc1ncnc2c1ncn2C1/C(=C\F)[C@@H](CO)[C@@H]1CO. The smallest absolute Gasteiger partial charge is 0.165 e. The Labute approximate surface area is 113 Å². The minimum absolute atomic E-state index is 0.159. The third kappa shape index (κ3) is 1.61. The number of aliphatic hydroxyl groups is 2. The number of hydrogen-bond acceptors (Lipinski definition) is 6. The minimum Gasteiger partial charge on any atom is -0.396 e. The molecule has 3 atom stereocenters. The molecule has 8 heteroatoms. The molecule has 4 N–H and O–H groups in total. The van der Waals surface area contributed by atoms with Gasteiger partial charge in [0.1, 0.15) is 11.8 Å². The summed E-state index contributed by atoms with van der Waals surface area (Å²) < 4.78 is 14.7. The van der Waals surface area contributed by atoms with E-state index in [9.17, 15) is 14.6 Å². The van der Waals surface area contributed by atoms with Crippen molar-refractivity contribution in [1.82, 2.24) is 19.5 Å². The fraction of sp³-hybridized carbons (Fsp3) is 0.417. The Morgan fingerprint density at radius 2 is 2.10 bits per heavy atom. The maximum atomic E-state index is 13.1. The van der Waals surface area contributed by atoms with Gasteiger partial charge in [-0.2, -0.15) is 0 Å². The fourth-order valence-electron chi connectivity index (χ4n) is 2.87. The second kappa shape index (κ2) is 4.80. The van der Waals surface area contributed by atoms with Gasteiger partial charge in [0.05, 0.1) is 25.3 Å². The topological polar surface area (TPSA) is 110 Å². The summed E-state index contributed by atoms with van der Waals surface area (Å²) in [5, 5.41) is 18.7. The fourth-order valence-corrected chi connectivity index (χ4v) is 2.87. The third-order valence-electron chi connectivity index (χ3n) is 3.91. The van der Waals surface area contributed by atoms with E-state index in [1.807, 2.05) is 0 Å². The predicted molar refractivity (Wildman–Crippen MR) is 69.1 cm³/mol. The van der Waals surface area contributed by atoms with Crippen molar-refractivity contribution in [2.45, 2.75) is 6.04 Å². The van der Waals surface area contributed by atoms with E-state index >= 15 is 0 Å². The number of imidazole rings is 1. The zero-order valence-electron chi connectivity index (χ0n) is 10.5. The zero-order chi connectivity index (χ0) is 14.3. The van der Waals surface area contributed by atoms with Crippen LogP contribution in [-0.2, 0) is 0 Å². The molecule has 3 rings (SSSR count). The van der Waals surface area contributed by atoms with E-state index < -0.39 is 6.04 Å². The van der Waals surface area contributed by atoms with E-state index in [0.29, 0.717) is 23.1 Å². The standard InChI is InChI=1S/C12H14FN5O2/c13-1-6-7(2-19)8(3-20)10(6)18-5-17-9-11(14)15-4-16-12(9)18/h1,4-5,7-8,10,19-20H,2-3H2,(H2,14,15,16)/b6-1-/t7-,8+,10?/m1/s1. The molecule has 1 aliphatic carbocycles. The van der Waals surface area contributed by atoms with Crippen LogP contribution in [-0.4, -0.2) is 42.9 Å². The van der Waals surface area contributed by atoms with Crippen LogP contribution in [0.4, 0.5) is 10.2 Å². The van der Waals surface area contributed by atoms with E-state index in [4.69, 9.17) is 5.73 Å². The van der Waals surface area contributed by atoms with Crippen molar-refractivity contribution >= 4 is 17.0 Å². The Balaban J connectivity index is 2.09. The van der Waals surface area contributed by atoms with Gasteiger partial charge in [-0.05, 0) is 5.57 Å². The third-order valence-corrected chi connectivity index (χ3v) is 3.91. The van der Waals surface area contributed by atoms with Crippen LogP contribution < -0.4 is 5.73 Å². The van der Waals surface area contributed by atoms with Crippen LogP contribution in [0, 0.1) is 11.8 Å². The normalized spacial score (nSPS) is 27.9. The molecule has 1 unspecified atom stereocenters. The Bertz CT molecular complexity index is 671. The molecule has 1 fully saturated rings. The molecule has 7 nitrogen and oxygen atoms in total. The molecule has 0 aromatic carbocycles. The van der Waals surface area contributed by atoms with E-state index in [-0.39, 0.29) is 30.9 Å². The van der Waals surface area contributed by atoms with Crippen molar-refractivity contribution in [3.05, 3.63) is 24.6 Å². The molecule has 0 amide bonds. The van der Waals surface area contributed by atoms with Crippen LogP contribution in [0.5, 0.6) is 0 Å². The number of fused-ring (bicyclic) bond motifs is 1. The summed E-state index contributed by atoms with van der Waals surface area (Å²) in [4.78, 5) is 12.1. The Kier molecular flexibility index (Phi) is 3.11. The van der Waals surface area contributed by atoms with E-state index in [0.717, 1.165) is 0 Å². The van der Waals surface area contributed by atoms with Gasteiger partial charge in [0.25, 0.3) is 0 Å². The quantitative estimate of drug-likeness (QED) is 0.731. The highest BCUT2D eigenvalue weighted by molar-refractivity contribution is 5.81. The van der Waals surface area contributed by atoms with Crippen LogP contribution in [0.1, 0.15) is 6.04 Å². The number of hydrogen-bond donors (Lipinski definition) is 3. The first-order valence-electron chi connectivity index (χ1n) is 6.17. The van der Waals surface area contributed by atoms with Gasteiger partial charge in [0.2, 0.25) is 0 Å². The molecule has 1 saturated carbocycles. The summed E-state index contributed by atoms with van der Waals surface area (Å²) in [5.74, 6) is -0.416. The van der Waals surface area contributed by atoms with Gasteiger partial charge in [-0.1, -0.05) is 0 Å². The summed E-state index contributed by atoms with van der Waals surface area (Å²) in [5.41, 5.74) is 7.05. The first-order valence-corrected chi connectivity index (χ1v) is 6.17. The largest absolute Gasteiger partial charge is 0.396 e. The number of nitrogens with two attached hydrogens (primary N) is 1. The van der Waals surface area contributed by atoms with E-state index in [2.05, 4.69) is 15.0 Å². The summed E-state index contributed by atoms with van der Waals surface area (Å²) in [7, 11) is 0. The molecule has 1 aliphatic rings. The molecule has 2 aromatic rings. The van der Waals surface area contributed by atoms with Crippen LogP contribution >= 0.6 is 0 Å². The lowest BCUT2D eigenvalue weighted by atomic mass is 9.66. The number of nitrogen functional groups attached to an aromatic ring is 1. The second-order valence-corrected chi connectivity index (χ2v) is 4.77. The zero-order valence-corrected chi connectivity index (χ0v) is 10.5. The van der Waals surface area contributed by atoms with Gasteiger partial charge in [-0.25, -0.2) is 19.3 Å². The molecule has 20 heavy (non-hydrogen) atoms. The highest BCUT2D eigenvalue weighted by Crippen LogP contribution is 2.49. The number of rotatable bonds is 3. The molecule has 0 bridgehead atoms. The Hall–Kier alpha value is -2.06. The molecule has 106 valence electrons. The average molecular weight is 279 g/mol. The molecular formula is C12H14FN5O2. The average Bonchev–Trinajstić information content (AvgIpc) is 2.84. The Morgan fingerprint density at radius 3 is 2.75 bits per heavy atom. The molecule has 0 aliphatic heterocycles. The molecule has 0 spiro atoms. The number of aliphatic hydroxyl groups excluding tert-OH is 2. The maximum Gasteiger partial charge on any atom is 0.165 e. The van der Waals surface area contributed by atoms with Crippen molar-refractivity contribution in [2.24, 2.45) is 11.8 Å². The van der Waals surface area contributed by atoms with E-state index in [1.54, 1.807) is 4.57 Å². The molecule has 0 saturated heterocycles. The van der Waals surface area contributed by atoms with Gasteiger partial charge in [0, 0.05) is 18.4 Å². The monoisotopic (exact) mass is 279 g/mol. The van der Waals surface area contributed by atoms with Crippen molar-refractivity contribution in [2.75, 3.05) is 18.9 Å². The van der Waals surface area contributed by atoms with Crippen molar-refractivity contribution in [3.8, 4) is 0 Å². The summed E-state index contributed by atoms with van der Waals surface area (Å²) >= 11 is 0. The maximum absolute atomic E-state index is 13.1. The van der Waals surface area contributed by atoms with E-state index in [1.165, 1.54) is 12.7 Å². The van der Waals surface area contributed by atoms with Crippen LogP contribution in [0.15, 0.2) is 24.6 Å². The van der Waals surface area contributed by atoms with Crippen molar-refractivity contribution in [1.29, 1.82) is 0 Å². The van der Waals surface area contributed by atoms with Crippen LogP contribution in [0.25, 0.3) is 11.2 Å².